The van der Waals surface area contributed by atoms with Crippen molar-refractivity contribution in [1.29, 1.82) is 0 Å². The Kier molecular flexibility index (Phi) is 6.77. The van der Waals surface area contributed by atoms with Crippen molar-refractivity contribution in [1.82, 2.24) is 0 Å². The second-order valence-corrected chi connectivity index (χ2v) is 11.1. The highest BCUT2D eigenvalue weighted by Gasteiger charge is 2.63. The fourth-order valence-corrected chi connectivity index (χ4v) is 6.66. The van der Waals surface area contributed by atoms with Gasteiger partial charge in [0.05, 0.1) is 17.4 Å². The molecule has 0 aromatic heterocycles. The Labute approximate surface area is 250 Å². The summed E-state index contributed by atoms with van der Waals surface area (Å²) in [6.45, 7) is 0. The molecule has 0 N–H and O–H groups in total. The number of halogens is 1. The maximum atomic E-state index is 15.3. The van der Waals surface area contributed by atoms with Gasteiger partial charge >= 0.3 is 0 Å². The van der Waals surface area contributed by atoms with Crippen molar-refractivity contribution in [2.24, 2.45) is 15.5 Å². The number of aliphatic imine (C=N–C) groups is 1. The molecule has 0 unspecified atom stereocenters. The summed E-state index contributed by atoms with van der Waals surface area (Å²) in [6, 6.07) is 47.5. The molecule has 1 spiro atoms. The Balaban J connectivity index is 1.56. The first-order valence-corrected chi connectivity index (χ1v) is 14.5. The Bertz CT molecular complexity index is 1790. The lowest BCUT2D eigenvalue weighted by atomic mass is 9.58. The third kappa shape index (κ3) is 4.36. The van der Waals surface area contributed by atoms with E-state index in [9.17, 15) is 0 Å². The summed E-state index contributed by atoms with van der Waals surface area (Å²) in [4.78, 5) is 20.7. The van der Waals surface area contributed by atoms with Crippen LogP contribution in [0.5, 0.6) is 0 Å². The number of anilines is 1. The molecule has 0 saturated heterocycles. The molecular formula is C37H28ClN3O. The molecule has 5 aromatic rings. The monoisotopic (exact) mass is 565 g/mol. The van der Waals surface area contributed by atoms with Gasteiger partial charge in [-0.1, -0.05) is 133 Å². The number of carbonyl (C=O) groups excluding carboxylic acids is 1. The molecule has 42 heavy (non-hydrogen) atoms. The van der Waals surface area contributed by atoms with Crippen LogP contribution in [-0.2, 0) is 4.79 Å². The predicted octanol–water partition coefficient (Wildman–Crippen LogP) is 8.50. The van der Waals surface area contributed by atoms with Gasteiger partial charge in [0.15, 0.2) is 0 Å². The Hall–Kier alpha value is -4.80. The summed E-state index contributed by atoms with van der Waals surface area (Å²) in [5, 5.41) is 7.37. The number of hydrogen-bond donors (Lipinski definition) is 0. The van der Waals surface area contributed by atoms with Gasteiger partial charge in [-0.2, -0.15) is 10.1 Å². The molecule has 0 fully saturated rings. The second kappa shape index (κ2) is 10.9. The number of benzene rings is 5. The lowest BCUT2D eigenvalue weighted by Gasteiger charge is -2.45. The quantitative estimate of drug-likeness (QED) is 0.211. The number of amides is 1. The number of rotatable bonds is 5. The van der Waals surface area contributed by atoms with E-state index in [1.165, 1.54) is 0 Å². The van der Waals surface area contributed by atoms with Gasteiger partial charge in [-0.05, 0) is 52.9 Å². The summed E-state index contributed by atoms with van der Waals surface area (Å²) < 4.78 is 0. The van der Waals surface area contributed by atoms with Gasteiger partial charge in [0.1, 0.15) is 5.41 Å². The van der Waals surface area contributed by atoms with Gasteiger partial charge in [0, 0.05) is 16.7 Å². The molecule has 4 nitrogen and oxygen atoms in total. The third-order valence-corrected chi connectivity index (χ3v) is 8.56. The summed E-state index contributed by atoms with van der Waals surface area (Å²) >= 11 is 6.62. The van der Waals surface area contributed by atoms with Crippen LogP contribution in [0.1, 0.15) is 40.6 Å². The first-order valence-electron chi connectivity index (χ1n) is 14.1. The van der Waals surface area contributed by atoms with Crippen LogP contribution in [0.3, 0.4) is 0 Å². The van der Waals surface area contributed by atoms with Crippen LogP contribution >= 0.6 is 11.6 Å². The van der Waals surface area contributed by atoms with Crippen molar-refractivity contribution < 1.29 is 4.79 Å². The minimum absolute atomic E-state index is 0.0951. The normalized spacial score (nSPS) is 21.7. The minimum atomic E-state index is -1.14. The molecule has 204 valence electrons. The van der Waals surface area contributed by atoms with Crippen LogP contribution in [-0.4, -0.2) is 17.3 Å². The van der Waals surface area contributed by atoms with E-state index in [0.29, 0.717) is 17.2 Å². The highest BCUT2D eigenvalue weighted by Crippen LogP contribution is 2.58. The number of nitrogens with zero attached hydrogens (tertiary/aromatic N) is 3. The van der Waals surface area contributed by atoms with Crippen LogP contribution < -0.4 is 5.01 Å². The van der Waals surface area contributed by atoms with Crippen LogP contribution in [0.2, 0.25) is 5.02 Å². The average Bonchev–Trinajstić information content (AvgIpc) is 3.35. The molecule has 0 radical (unpaired) electrons. The van der Waals surface area contributed by atoms with Gasteiger partial charge < -0.3 is 0 Å². The molecule has 5 aromatic carbocycles. The summed E-state index contributed by atoms with van der Waals surface area (Å²) in [6.07, 6.45) is 0.550. The van der Waals surface area contributed by atoms with E-state index in [1.54, 1.807) is 5.01 Å². The lowest BCUT2D eigenvalue weighted by Crippen LogP contribution is -2.51. The molecule has 0 aliphatic carbocycles. The standard InChI is InChI=1S/C37H28ClN3O/c38-30-21-13-20-29(24-30)32-25-33(26-14-5-1-6-15-26)39-34(27-16-7-2-8-17-27)37(32)35(28-18-9-3-10-19-28)40-41(36(37)42)31-22-11-4-12-23-31/h1-24,32,34H,25H2/t32-,34+,37+/m1/s1. The predicted molar refractivity (Wildman–Crippen MR) is 170 cm³/mol. The zero-order valence-corrected chi connectivity index (χ0v) is 23.6. The third-order valence-electron chi connectivity index (χ3n) is 8.32. The molecule has 7 rings (SSSR count). The van der Waals surface area contributed by atoms with E-state index in [1.807, 2.05) is 115 Å². The van der Waals surface area contributed by atoms with Crippen molar-refractivity contribution in [3.8, 4) is 0 Å². The fourth-order valence-electron chi connectivity index (χ4n) is 6.46. The molecular weight excluding hydrogens is 538 g/mol. The fraction of sp³-hybridized carbons (Fsp3) is 0.108. The van der Waals surface area contributed by atoms with Gasteiger partial charge in [0.2, 0.25) is 0 Å². The van der Waals surface area contributed by atoms with Gasteiger partial charge in [0.25, 0.3) is 5.91 Å². The highest BCUT2D eigenvalue weighted by atomic mass is 35.5. The molecule has 0 bridgehead atoms. The number of para-hydroxylation sites is 1. The summed E-state index contributed by atoms with van der Waals surface area (Å²) in [7, 11) is 0. The first-order chi connectivity index (χ1) is 20.7. The topological polar surface area (TPSA) is 45.0 Å². The molecule has 2 aliphatic heterocycles. The van der Waals surface area contributed by atoms with E-state index in [0.717, 1.165) is 33.7 Å². The maximum absolute atomic E-state index is 15.3. The Morgan fingerprint density at radius 2 is 1.24 bits per heavy atom. The molecule has 3 atom stereocenters. The van der Waals surface area contributed by atoms with Crippen molar-refractivity contribution in [2.75, 3.05) is 5.01 Å². The SMILES string of the molecule is O=C1N(c2ccccc2)N=C(c2ccccc2)[C@@]12[C@@H](c1cccc(Cl)c1)CC(c1ccccc1)=N[C@H]2c1ccccc1. The van der Waals surface area contributed by atoms with Crippen LogP contribution in [0, 0.1) is 5.41 Å². The zero-order chi connectivity index (χ0) is 28.5. The zero-order valence-electron chi connectivity index (χ0n) is 22.8. The largest absolute Gasteiger partial charge is 0.279 e. The highest BCUT2D eigenvalue weighted by molar-refractivity contribution is 6.31. The minimum Gasteiger partial charge on any atom is -0.279 e. The Morgan fingerprint density at radius 3 is 1.88 bits per heavy atom. The molecule has 0 saturated carbocycles. The molecule has 2 heterocycles. The molecule has 1 amide bonds. The van der Waals surface area contributed by atoms with E-state index < -0.39 is 11.5 Å². The lowest BCUT2D eigenvalue weighted by molar-refractivity contribution is -0.126. The van der Waals surface area contributed by atoms with Crippen molar-refractivity contribution >= 4 is 34.6 Å². The average molecular weight is 566 g/mol. The summed E-state index contributed by atoms with van der Waals surface area (Å²) in [5.74, 6) is -0.392. The van der Waals surface area contributed by atoms with E-state index in [2.05, 4.69) is 30.3 Å². The van der Waals surface area contributed by atoms with Crippen molar-refractivity contribution in [2.45, 2.75) is 18.4 Å². The van der Waals surface area contributed by atoms with E-state index in [4.69, 9.17) is 21.7 Å². The van der Waals surface area contributed by atoms with Crippen molar-refractivity contribution in [3.05, 3.63) is 173 Å². The van der Waals surface area contributed by atoms with Crippen LogP contribution in [0.4, 0.5) is 5.69 Å². The number of hydrazone groups is 1. The smallest absolute Gasteiger partial charge is 0.262 e. The van der Waals surface area contributed by atoms with Gasteiger partial charge in [-0.15, -0.1) is 0 Å². The van der Waals surface area contributed by atoms with Crippen LogP contribution in [0.25, 0.3) is 0 Å². The van der Waals surface area contributed by atoms with E-state index in [-0.39, 0.29) is 11.8 Å². The van der Waals surface area contributed by atoms with Crippen molar-refractivity contribution in [3.63, 3.8) is 0 Å². The van der Waals surface area contributed by atoms with Crippen LogP contribution in [0.15, 0.2) is 156 Å². The summed E-state index contributed by atoms with van der Waals surface area (Å²) in [5.41, 5.74) is 5.15. The number of hydrogen-bond acceptors (Lipinski definition) is 3. The second-order valence-electron chi connectivity index (χ2n) is 10.7. The Morgan fingerprint density at radius 1 is 0.667 bits per heavy atom. The molecule has 2 aliphatic rings. The maximum Gasteiger partial charge on any atom is 0.262 e. The number of carbonyl (C=O) groups is 1. The van der Waals surface area contributed by atoms with E-state index >= 15 is 4.79 Å². The first kappa shape index (κ1) is 26.1. The molecule has 5 heteroatoms. The van der Waals surface area contributed by atoms with Gasteiger partial charge in [-0.25, -0.2) is 0 Å². The van der Waals surface area contributed by atoms with Gasteiger partial charge in [-0.3, -0.25) is 9.79 Å².